The molecule has 0 aliphatic carbocycles. The van der Waals surface area contributed by atoms with Crippen molar-refractivity contribution in [2.24, 2.45) is 0 Å². The van der Waals surface area contributed by atoms with E-state index in [1.54, 1.807) is 6.92 Å². The van der Waals surface area contributed by atoms with Crippen LogP contribution < -0.4 is 5.32 Å². The molecule has 0 bridgehead atoms. The number of ether oxygens (including phenoxy) is 1. The predicted octanol–water partition coefficient (Wildman–Crippen LogP) is -0.00920. The van der Waals surface area contributed by atoms with Crippen LogP contribution in [-0.2, 0) is 19.1 Å². The lowest BCUT2D eigenvalue weighted by Crippen LogP contribution is -2.36. The number of rotatable bonds is 2. The Balaban J connectivity index is 3.97. The van der Waals surface area contributed by atoms with E-state index in [-0.39, 0.29) is 6.10 Å². The van der Waals surface area contributed by atoms with Gasteiger partial charge in [0.25, 0.3) is 0 Å². The molecule has 1 unspecified atom stereocenters. The van der Waals surface area contributed by atoms with E-state index in [2.05, 4.69) is 4.74 Å². The summed E-state index contributed by atoms with van der Waals surface area (Å²) in [6.07, 6.45) is 0.309. The zero-order chi connectivity index (χ0) is 10.4. The van der Waals surface area contributed by atoms with E-state index in [0.717, 1.165) is 6.92 Å². The first-order valence-electron chi connectivity index (χ1n) is 3.99. The molecule has 0 aliphatic rings. The number of carbonyl (C=O) groups excluding carboxylic acids is 3. The normalized spacial score (nSPS) is 11.6. The molecule has 0 saturated carbocycles. The number of hydrogen-bond acceptors (Lipinski definition) is 4. The minimum absolute atomic E-state index is 0.315. The number of esters is 1. The van der Waals surface area contributed by atoms with Crippen LogP contribution in [-0.4, -0.2) is 23.9 Å². The third kappa shape index (κ3) is 4.95. The van der Waals surface area contributed by atoms with Gasteiger partial charge in [-0.15, -0.1) is 0 Å². The smallest absolute Gasteiger partial charge is 0.397 e. The van der Waals surface area contributed by atoms with Gasteiger partial charge in [0, 0.05) is 6.92 Å². The molecule has 1 atom stereocenters. The molecule has 2 amide bonds. The molecular weight excluding hydrogens is 174 g/mol. The lowest BCUT2D eigenvalue weighted by Gasteiger charge is -2.09. The summed E-state index contributed by atoms with van der Waals surface area (Å²) < 4.78 is 4.66. The predicted molar refractivity (Wildman–Crippen MR) is 44.7 cm³/mol. The van der Waals surface area contributed by atoms with Crippen LogP contribution in [0, 0.1) is 0 Å². The summed E-state index contributed by atoms with van der Waals surface area (Å²) in [6.45, 7) is 4.63. The highest BCUT2D eigenvalue weighted by atomic mass is 16.5. The number of nitrogens with one attached hydrogen (secondary N) is 1. The second-order valence-corrected chi connectivity index (χ2v) is 2.63. The molecule has 13 heavy (non-hydrogen) atoms. The largest absolute Gasteiger partial charge is 0.456 e. The highest BCUT2D eigenvalue weighted by Crippen LogP contribution is 1.95. The molecule has 0 fully saturated rings. The zero-order valence-corrected chi connectivity index (χ0v) is 7.92. The van der Waals surface area contributed by atoms with Crippen LogP contribution >= 0.6 is 0 Å². The molecular formula is C8H13NO4. The van der Waals surface area contributed by atoms with Crippen LogP contribution in [0.1, 0.15) is 27.2 Å². The van der Waals surface area contributed by atoms with Crippen LogP contribution in [0.5, 0.6) is 0 Å². The van der Waals surface area contributed by atoms with Gasteiger partial charge in [-0.1, -0.05) is 6.92 Å². The molecule has 0 saturated heterocycles. The Morgan fingerprint density at radius 2 is 1.92 bits per heavy atom. The van der Waals surface area contributed by atoms with Gasteiger partial charge in [-0.05, 0) is 13.3 Å². The average molecular weight is 187 g/mol. The molecule has 5 nitrogen and oxygen atoms in total. The number of carbonyl (C=O) groups is 3. The second-order valence-electron chi connectivity index (χ2n) is 2.63. The number of imide groups is 1. The summed E-state index contributed by atoms with van der Waals surface area (Å²) in [4.78, 5) is 32.0. The average Bonchev–Trinajstić information content (AvgIpc) is 2.02. The van der Waals surface area contributed by atoms with Gasteiger partial charge >= 0.3 is 11.9 Å². The first-order chi connectivity index (χ1) is 5.97. The summed E-state index contributed by atoms with van der Waals surface area (Å²) in [5.41, 5.74) is 0. The van der Waals surface area contributed by atoms with Gasteiger partial charge in [-0.25, -0.2) is 4.79 Å². The molecule has 0 spiro atoms. The summed E-state index contributed by atoms with van der Waals surface area (Å²) in [6, 6.07) is 0. The Labute approximate surface area is 76.4 Å². The molecule has 0 aliphatic heterocycles. The van der Waals surface area contributed by atoms with Crippen molar-refractivity contribution in [3.63, 3.8) is 0 Å². The third-order valence-corrected chi connectivity index (χ3v) is 1.36. The summed E-state index contributed by atoms with van der Waals surface area (Å²) in [7, 11) is 0. The Bertz CT molecular complexity index is 224. The Hall–Kier alpha value is -1.39. The van der Waals surface area contributed by atoms with Crippen LogP contribution in [0.3, 0.4) is 0 Å². The van der Waals surface area contributed by atoms with Crippen molar-refractivity contribution in [3.8, 4) is 0 Å². The van der Waals surface area contributed by atoms with Gasteiger partial charge in [-0.3, -0.25) is 14.9 Å². The molecule has 0 rings (SSSR count). The van der Waals surface area contributed by atoms with E-state index in [4.69, 9.17) is 0 Å². The monoisotopic (exact) mass is 187 g/mol. The molecule has 0 heterocycles. The lowest BCUT2D eigenvalue weighted by molar-refractivity contribution is -0.159. The van der Waals surface area contributed by atoms with Crippen LogP contribution in [0.4, 0.5) is 0 Å². The second kappa shape index (κ2) is 5.29. The van der Waals surface area contributed by atoms with Gasteiger partial charge in [-0.2, -0.15) is 0 Å². The first-order valence-corrected chi connectivity index (χ1v) is 3.99. The standard InChI is InChI=1S/C8H13NO4/c1-4-5(2)13-8(12)7(11)9-6(3)10/h5H,4H2,1-3H3,(H,9,10,11). The zero-order valence-electron chi connectivity index (χ0n) is 7.92. The SMILES string of the molecule is CCC(C)OC(=O)C(=O)NC(C)=O. The topological polar surface area (TPSA) is 72.5 Å². The van der Waals surface area contributed by atoms with Gasteiger partial charge in [0.05, 0.1) is 6.10 Å². The summed E-state index contributed by atoms with van der Waals surface area (Å²) >= 11 is 0. The molecule has 0 aromatic rings. The van der Waals surface area contributed by atoms with Crippen molar-refractivity contribution in [1.82, 2.24) is 5.32 Å². The van der Waals surface area contributed by atoms with Gasteiger partial charge in [0.15, 0.2) is 0 Å². The van der Waals surface area contributed by atoms with Crippen LogP contribution in [0.25, 0.3) is 0 Å². The Morgan fingerprint density at radius 1 is 1.38 bits per heavy atom. The number of amides is 2. The summed E-state index contributed by atoms with van der Waals surface area (Å²) in [5.74, 6) is -2.62. The lowest BCUT2D eigenvalue weighted by atomic mass is 10.3. The first kappa shape index (κ1) is 11.6. The van der Waals surface area contributed by atoms with Gasteiger partial charge in [0.1, 0.15) is 0 Å². The van der Waals surface area contributed by atoms with Crippen molar-refractivity contribution < 1.29 is 19.1 Å². The molecule has 0 radical (unpaired) electrons. The van der Waals surface area contributed by atoms with Crippen molar-refractivity contribution in [2.45, 2.75) is 33.3 Å². The highest BCUT2D eigenvalue weighted by molar-refractivity contribution is 6.35. The number of hydrogen-bond donors (Lipinski definition) is 1. The van der Waals surface area contributed by atoms with Gasteiger partial charge in [0.2, 0.25) is 5.91 Å². The molecule has 5 heteroatoms. The third-order valence-electron chi connectivity index (χ3n) is 1.36. The maximum Gasteiger partial charge on any atom is 0.397 e. The maximum absolute atomic E-state index is 10.9. The van der Waals surface area contributed by atoms with E-state index in [9.17, 15) is 14.4 Å². The Kier molecular flexibility index (Phi) is 4.72. The molecule has 1 N–H and O–H groups in total. The molecule has 74 valence electrons. The quantitative estimate of drug-likeness (QED) is 0.487. The van der Waals surface area contributed by atoms with Crippen molar-refractivity contribution >= 4 is 17.8 Å². The van der Waals surface area contributed by atoms with E-state index in [0.29, 0.717) is 6.42 Å². The van der Waals surface area contributed by atoms with Gasteiger partial charge < -0.3 is 4.74 Å². The van der Waals surface area contributed by atoms with E-state index in [1.165, 1.54) is 0 Å². The minimum atomic E-state index is -1.02. The van der Waals surface area contributed by atoms with E-state index < -0.39 is 17.8 Å². The molecule has 0 aromatic heterocycles. The van der Waals surface area contributed by atoms with Crippen LogP contribution in [0.15, 0.2) is 0 Å². The fourth-order valence-electron chi connectivity index (χ4n) is 0.530. The van der Waals surface area contributed by atoms with Crippen molar-refractivity contribution in [2.75, 3.05) is 0 Å². The fourth-order valence-corrected chi connectivity index (χ4v) is 0.530. The highest BCUT2D eigenvalue weighted by Gasteiger charge is 2.18. The Morgan fingerprint density at radius 3 is 2.31 bits per heavy atom. The maximum atomic E-state index is 10.9. The minimum Gasteiger partial charge on any atom is -0.456 e. The van der Waals surface area contributed by atoms with E-state index in [1.807, 2.05) is 12.2 Å². The summed E-state index contributed by atoms with van der Waals surface area (Å²) in [5, 5.41) is 1.82. The molecule has 0 aromatic carbocycles. The van der Waals surface area contributed by atoms with Crippen molar-refractivity contribution in [3.05, 3.63) is 0 Å². The van der Waals surface area contributed by atoms with Crippen molar-refractivity contribution in [1.29, 1.82) is 0 Å². The van der Waals surface area contributed by atoms with E-state index >= 15 is 0 Å². The fraction of sp³-hybridized carbons (Fsp3) is 0.625. The van der Waals surface area contributed by atoms with Crippen LogP contribution in [0.2, 0.25) is 0 Å².